The fourth-order valence-electron chi connectivity index (χ4n) is 3.07. The number of nitrogens with zero attached hydrogens (tertiary/aromatic N) is 1. The van der Waals surface area contributed by atoms with Gasteiger partial charge in [-0.2, -0.15) is 0 Å². The van der Waals surface area contributed by atoms with Crippen molar-refractivity contribution in [2.75, 3.05) is 22.7 Å². The highest BCUT2D eigenvalue weighted by molar-refractivity contribution is 5.99. The molecule has 2 amide bonds. The van der Waals surface area contributed by atoms with Gasteiger partial charge in [0.15, 0.2) is 17.7 Å². The molecule has 2 aromatic carbocycles. The van der Waals surface area contributed by atoms with Gasteiger partial charge in [-0.3, -0.25) is 5.32 Å². The molecule has 1 unspecified atom stereocenters. The Morgan fingerprint density at radius 2 is 1.89 bits per heavy atom. The van der Waals surface area contributed by atoms with E-state index in [2.05, 4.69) is 20.9 Å². The number of nitrogens with one attached hydrogen (secondary N) is 3. The second-order valence-electron chi connectivity index (χ2n) is 6.26. The third kappa shape index (κ3) is 3.11. The van der Waals surface area contributed by atoms with Crippen molar-refractivity contribution in [3.8, 4) is 17.2 Å². The Kier molecular flexibility index (Phi) is 3.86. The largest absolute Gasteiger partial charge is 0.464 e. The first-order valence-corrected chi connectivity index (χ1v) is 8.70. The molecule has 0 aliphatic carbocycles. The normalized spacial score (nSPS) is 15.9. The van der Waals surface area contributed by atoms with Crippen LogP contribution in [0.4, 0.5) is 22.0 Å². The minimum absolute atomic E-state index is 0.183. The number of hydrogen-bond acceptors (Lipinski definition) is 6. The molecule has 28 heavy (non-hydrogen) atoms. The number of fused-ring (bicyclic) bond motifs is 2. The molecule has 8 heteroatoms. The predicted molar refractivity (Wildman–Crippen MR) is 103 cm³/mol. The maximum atomic E-state index is 12.3. The van der Waals surface area contributed by atoms with E-state index in [9.17, 15) is 4.79 Å². The average molecular weight is 376 g/mol. The van der Waals surface area contributed by atoms with Crippen molar-refractivity contribution >= 4 is 23.2 Å². The Hall–Kier alpha value is -3.94. The maximum Gasteiger partial charge on any atom is 0.324 e. The van der Waals surface area contributed by atoms with Crippen molar-refractivity contribution in [2.45, 2.75) is 6.23 Å². The van der Waals surface area contributed by atoms with E-state index in [1.54, 1.807) is 30.5 Å². The number of carbonyl (C=O) groups is 1. The monoisotopic (exact) mass is 376 g/mol. The molecule has 2 aliphatic heterocycles. The van der Waals surface area contributed by atoms with Crippen LogP contribution in [0.15, 0.2) is 60.8 Å². The van der Waals surface area contributed by atoms with E-state index in [4.69, 9.17) is 14.2 Å². The van der Waals surface area contributed by atoms with Gasteiger partial charge in [-0.25, -0.2) is 9.78 Å². The number of pyridine rings is 1. The third-order valence-corrected chi connectivity index (χ3v) is 4.38. The summed E-state index contributed by atoms with van der Waals surface area (Å²) >= 11 is 0. The van der Waals surface area contributed by atoms with E-state index in [-0.39, 0.29) is 13.0 Å². The molecule has 0 radical (unpaired) electrons. The van der Waals surface area contributed by atoms with E-state index in [0.717, 1.165) is 17.0 Å². The molecule has 1 aromatic heterocycles. The molecule has 1 atom stereocenters. The van der Waals surface area contributed by atoms with Gasteiger partial charge in [0.2, 0.25) is 6.79 Å². The van der Waals surface area contributed by atoms with Gasteiger partial charge in [0.1, 0.15) is 11.6 Å². The fraction of sp³-hybridized carbons (Fsp3) is 0.100. The number of para-hydroxylation sites is 2. The van der Waals surface area contributed by atoms with Crippen LogP contribution in [0.25, 0.3) is 0 Å². The molecule has 0 saturated carbocycles. The number of carbonyl (C=O) groups excluding carboxylic acids is 1. The highest BCUT2D eigenvalue weighted by Crippen LogP contribution is 2.37. The molecule has 0 saturated heterocycles. The van der Waals surface area contributed by atoms with E-state index >= 15 is 0 Å². The lowest BCUT2D eigenvalue weighted by Gasteiger charge is -2.13. The van der Waals surface area contributed by atoms with Gasteiger partial charge in [-0.15, -0.1) is 0 Å². The first-order valence-electron chi connectivity index (χ1n) is 8.70. The molecule has 8 nitrogen and oxygen atoms in total. The number of amides is 2. The van der Waals surface area contributed by atoms with Crippen LogP contribution in [0.1, 0.15) is 11.8 Å². The van der Waals surface area contributed by atoms with E-state index in [1.807, 2.05) is 30.3 Å². The molecule has 5 rings (SSSR count). The van der Waals surface area contributed by atoms with Crippen LogP contribution in [0.5, 0.6) is 17.2 Å². The Morgan fingerprint density at radius 1 is 1.00 bits per heavy atom. The molecule has 3 aromatic rings. The number of urea groups is 1. The van der Waals surface area contributed by atoms with E-state index in [0.29, 0.717) is 23.0 Å². The summed E-state index contributed by atoms with van der Waals surface area (Å²) in [5.74, 6) is 2.46. The van der Waals surface area contributed by atoms with Crippen molar-refractivity contribution in [1.82, 2.24) is 4.98 Å². The lowest BCUT2D eigenvalue weighted by molar-refractivity contribution is 0.174. The van der Waals surface area contributed by atoms with E-state index in [1.165, 1.54) is 0 Å². The van der Waals surface area contributed by atoms with Crippen LogP contribution < -0.4 is 30.2 Å². The van der Waals surface area contributed by atoms with Crippen molar-refractivity contribution in [3.05, 3.63) is 66.4 Å². The fourth-order valence-corrected chi connectivity index (χ4v) is 3.07. The highest BCUT2D eigenvalue weighted by atomic mass is 16.7. The van der Waals surface area contributed by atoms with Crippen LogP contribution >= 0.6 is 0 Å². The summed E-state index contributed by atoms with van der Waals surface area (Å²) in [6.07, 6.45) is 1.29. The summed E-state index contributed by atoms with van der Waals surface area (Å²) in [5, 5.41) is 8.77. The van der Waals surface area contributed by atoms with Gasteiger partial charge in [-0.05, 0) is 36.4 Å². The van der Waals surface area contributed by atoms with Crippen LogP contribution in [0, 0.1) is 0 Å². The van der Waals surface area contributed by atoms with Gasteiger partial charge in [0.05, 0.1) is 5.69 Å². The minimum atomic E-state index is -0.410. The Balaban J connectivity index is 1.26. The number of rotatable bonds is 3. The van der Waals surface area contributed by atoms with E-state index < -0.39 is 6.03 Å². The number of ether oxygens (including phenoxy) is 3. The topological polar surface area (TPSA) is 93.7 Å². The zero-order chi connectivity index (χ0) is 18.9. The first kappa shape index (κ1) is 16.2. The molecule has 3 heterocycles. The molecule has 2 aliphatic rings. The van der Waals surface area contributed by atoms with Gasteiger partial charge >= 0.3 is 6.03 Å². The standard InChI is InChI=1S/C20H16N4O4/c25-20(22-13-5-6-16-17(10-13)27-11-26-16)24-18-9-12(7-8-21-18)19-23-14-3-1-2-4-15(14)28-19/h1-10,19,23H,11H2,(H2,21,22,24,25). The lowest BCUT2D eigenvalue weighted by atomic mass is 10.2. The summed E-state index contributed by atoms with van der Waals surface area (Å²) in [5.41, 5.74) is 2.37. The number of hydrogen-bond donors (Lipinski definition) is 3. The van der Waals surface area contributed by atoms with Crippen LogP contribution in [-0.4, -0.2) is 17.8 Å². The number of aromatic nitrogens is 1. The van der Waals surface area contributed by atoms with Gasteiger partial charge in [-0.1, -0.05) is 12.1 Å². The summed E-state index contributed by atoms with van der Waals surface area (Å²) < 4.78 is 16.5. The van der Waals surface area contributed by atoms with Crippen LogP contribution in [-0.2, 0) is 0 Å². The maximum absolute atomic E-state index is 12.3. The quantitative estimate of drug-likeness (QED) is 0.641. The summed E-state index contributed by atoms with van der Waals surface area (Å²) in [6.45, 7) is 0.183. The average Bonchev–Trinajstić information content (AvgIpc) is 3.34. The lowest BCUT2D eigenvalue weighted by Crippen LogP contribution is -2.20. The van der Waals surface area contributed by atoms with Gasteiger partial charge in [0.25, 0.3) is 0 Å². The van der Waals surface area contributed by atoms with Crippen molar-refractivity contribution in [1.29, 1.82) is 0 Å². The van der Waals surface area contributed by atoms with Crippen LogP contribution in [0.3, 0.4) is 0 Å². The van der Waals surface area contributed by atoms with Crippen molar-refractivity contribution in [2.24, 2.45) is 0 Å². The van der Waals surface area contributed by atoms with Crippen molar-refractivity contribution in [3.63, 3.8) is 0 Å². The Labute approximate surface area is 160 Å². The number of anilines is 3. The third-order valence-electron chi connectivity index (χ3n) is 4.38. The predicted octanol–water partition coefficient (Wildman–Crippen LogP) is 3.96. The van der Waals surface area contributed by atoms with Gasteiger partial charge in [0, 0.05) is 23.5 Å². The summed E-state index contributed by atoms with van der Waals surface area (Å²) in [4.78, 5) is 16.5. The zero-order valence-electron chi connectivity index (χ0n) is 14.6. The second kappa shape index (κ2) is 6.66. The Morgan fingerprint density at radius 3 is 2.82 bits per heavy atom. The molecular formula is C20H16N4O4. The number of benzene rings is 2. The molecule has 0 bridgehead atoms. The first-order chi connectivity index (χ1) is 13.7. The smallest absolute Gasteiger partial charge is 0.324 e. The SMILES string of the molecule is O=C(Nc1ccc2c(c1)OCO2)Nc1cc(C2Nc3ccccc3O2)ccn1. The molecule has 0 spiro atoms. The summed E-state index contributed by atoms with van der Waals surface area (Å²) in [7, 11) is 0. The van der Waals surface area contributed by atoms with Crippen LogP contribution in [0.2, 0.25) is 0 Å². The molecular weight excluding hydrogens is 360 g/mol. The molecule has 3 N–H and O–H groups in total. The molecule has 140 valence electrons. The van der Waals surface area contributed by atoms with Gasteiger partial charge < -0.3 is 24.8 Å². The molecule has 0 fully saturated rings. The Bertz CT molecular complexity index is 1030. The summed E-state index contributed by atoms with van der Waals surface area (Å²) in [6, 6.07) is 16.1. The highest BCUT2D eigenvalue weighted by Gasteiger charge is 2.23. The van der Waals surface area contributed by atoms with Crippen molar-refractivity contribution < 1.29 is 19.0 Å². The zero-order valence-corrected chi connectivity index (χ0v) is 14.6. The second-order valence-corrected chi connectivity index (χ2v) is 6.26. The minimum Gasteiger partial charge on any atom is -0.464 e.